The van der Waals surface area contributed by atoms with Gasteiger partial charge in [0.15, 0.2) is 0 Å². The number of carbonyl (C=O) groups excluding carboxylic acids is 1. The molecular weight excluding hydrogens is 310 g/mol. The molecule has 7 heteroatoms. The molecule has 22 heavy (non-hydrogen) atoms. The average Bonchev–Trinajstić information content (AvgIpc) is 2.48. The van der Waals surface area contributed by atoms with Gasteiger partial charge in [-0.3, -0.25) is 9.59 Å². The number of benzene rings is 1. The van der Waals surface area contributed by atoms with Crippen LogP contribution in [0, 0.1) is 0 Å². The second-order valence-corrected chi connectivity index (χ2v) is 5.42. The maximum absolute atomic E-state index is 12.1. The Labute approximate surface area is 133 Å². The molecule has 0 aliphatic carbocycles. The van der Waals surface area contributed by atoms with Crippen molar-refractivity contribution < 1.29 is 24.2 Å². The highest BCUT2D eigenvalue weighted by molar-refractivity contribution is 6.31. The Balaban J connectivity index is 1.77. The number of rotatable bonds is 6. The zero-order chi connectivity index (χ0) is 15.9. The van der Waals surface area contributed by atoms with Crippen molar-refractivity contribution in [2.75, 3.05) is 26.3 Å². The molecule has 1 aliphatic heterocycles. The average molecular weight is 328 g/mol. The van der Waals surface area contributed by atoms with E-state index in [1.54, 1.807) is 11.0 Å². The number of nitrogens with zero attached hydrogens (tertiary/aromatic N) is 1. The fourth-order valence-corrected chi connectivity index (χ4v) is 2.41. The van der Waals surface area contributed by atoms with E-state index < -0.39 is 12.1 Å². The molecule has 0 bridgehead atoms. The van der Waals surface area contributed by atoms with E-state index in [2.05, 4.69) is 0 Å². The summed E-state index contributed by atoms with van der Waals surface area (Å²) < 4.78 is 10.7. The summed E-state index contributed by atoms with van der Waals surface area (Å²) in [7, 11) is 0. The van der Waals surface area contributed by atoms with Crippen LogP contribution in [0.1, 0.15) is 12.0 Å². The zero-order valence-electron chi connectivity index (χ0n) is 12.0. The Hall–Kier alpha value is -1.63. The summed E-state index contributed by atoms with van der Waals surface area (Å²) in [5, 5.41) is 9.36. The first-order valence-electron chi connectivity index (χ1n) is 6.98. The third-order valence-electron chi connectivity index (χ3n) is 3.33. The Bertz CT molecular complexity index is 536. The molecule has 2 rings (SSSR count). The summed E-state index contributed by atoms with van der Waals surface area (Å²) in [6.07, 6.45) is -0.566. The number of carbonyl (C=O) groups is 2. The first kappa shape index (κ1) is 16.7. The Morgan fingerprint density at radius 1 is 1.41 bits per heavy atom. The van der Waals surface area contributed by atoms with Crippen molar-refractivity contribution in [2.45, 2.75) is 19.1 Å². The van der Waals surface area contributed by atoms with Gasteiger partial charge in [0, 0.05) is 18.1 Å². The van der Waals surface area contributed by atoms with E-state index >= 15 is 0 Å². The monoisotopic (exact) mass is 327 g/mol. The zero-order valence-corrected chi connectivity index (χ0v) is 12.8. The minimum absolute atomic E-state index is 0.0645. The van der Waals surface area contributed by atoms with Gasteiger partial charge in [0.2, 0.25) is 5.91 Å². The van der Waals surface area contributed by atoms with E-state index in [1.807, 2.05) is 18.2 Å². The molecule has 1 aromatic carbocycles. The van der Waals surface area contributed by atoms with E-state index in [4.69, 9.17) is 26.2 Å². The second-order valence-electron chi connectivity index (χ2n) is 5.01. The van der Waals surface area contributed by atoms with Crippen LogP contribution >= 0.6 is 11.6 Å². The largest absolute Gasteiger partial charge is 0.481 e. The molecule has 120 valence electrons. The van der Waals surface area contributed by atoms with Crippen molar-refractivity contribution >= 4 is 23.5 Å². The predicted octanol–water partition coefficient (Wildman–Crippen LogP) is 1.56. The molecule has 0 saturated carbocycles. The number of aliphatic carboxylic acids is 1. The van der Waals surface area contributed by atoms with Crippen LogP contribution in [0.5, 0.6) is 0 Å². The topological polar surface area (TPSA) is 76.1 Å². The minimum atomic E-state index is -0.936. The van der Waals surface area contributed by atoms with E-state index in [1.165, 1.54) is 0 Å². The van der Waals surface area contributed by atoms with E-state index in [-0.39, 0.29) is 32.1 Å². The van der Waals surface area contributed by atoms with Crippen LogP contribution in [0.25, 0.3) is 0 Å². The van der Waals surface area contributed by atoms with E-state index in [9.17, 15) is 9.59 Å². The lowest BCUT2D eigenvalue weighted by atomic mass is 10.2. The lowest BCUT2D eigenvalue weighted by Crippen LogP contribution is -2.47. The maximum atomic E-state index is 12.1. The molecule has 6 nitrogen and oxygen atoms in total. The van der Waals surface area contributed by atoms with Crippen molar-refractivity contribution in [2.24, 2.45) is 0 Å². The summed E-state index contributed by atoms with van der Waals surface area (Å²) in [6.45, 7) is 1.26. The summed E-state index contributed by atoms with van der Waals surface area (Å²) >= 11 is 6.01. The molecule has 1 fully saturated rings. The van der Waals surface area contributed by atoms with Gasteiger partial charge < -0.3 is 19.5 Å². The number of ether oxygens (including phenoxy) is 2. The van der Waals surface area contributed by atoms with Crippen LogP contribution in [0.2, 0.25) is 5.02 Å². The SMILES string of the molecule is O=C(O)C[C@@H]1CN(C(=O)COCc2ccccc2Cl)CCO1. The molecule has 1 amide bonds. The number of amides is 1. The first-order valence-corrected chi connectivity index (χ1v) is 7.36. The Kier molecular flexibility index (Phi) is 6.18. The Morgan fingerprint density at radius 3 is 2.91 bits per heavy atom. The third-order valence-corrected chi connectivity index (χ3v) is 3.70. The lowest BCUT2D eigenvalue weighted by Gasteiger charge is -2.32. The van der Waals surface area contributed by atoms with Gasteiger partial charge in [0.1, 0.15) is 6.61 Å². The molecular formula is C15H18ClNO5. The van der Waals surface area contributed by atoms with Crippen LogP contribution in [0.3, 0.4) is 0 Å². The van der Waals surface area contributed by atoms with Gasteiger partial charge >= 0.3 is 5.97 Å². The number of hydrogen-bond acceptors (Lipinski definition) is 4. The molecule has 1 saturated heterocycles. The van der Waals surface area contributed by atoms with Gasteiger partial charge in [0.05, 0.1) is 25.7 Å². The molecule has 1 N–H and O–H groups in total. The van der Waals surface area contributed by atoms with Crippen LogP contribution in [-0.4, -0.2) is 54.3 Å². The van der Waals surface area contributed by atoms with E-state index in [0.717, 1.165) is 5.56 Å². The molecule has 1 heterocycles. The second kappa shape index (κ2) is 8.12. The van der Waals surface area contributed by atoms with Crippen molar-refractivity contribution in [3.63, 3.8) is 0 Å². The van der Waals surface area contributed by atoms with Crippen LogP contribution in [0.15, 0.2) is 24.3 Å². The fourth-order valence-electron chi connectivity index (χ4n) is 2.22. The molecule has 1 atom stereocenters. The minimum Gasteiger partial charge on any atom is -0.481 e. The molecule has 0 unspecified atom stereocenters. The number of halogens is 1. The van der Waals surface area contributed by atoms with Gasteiger partial charge in [-0.1, -0.05) is 29.8 Å². The summed E-state index contributed by atoms with van der Waals surface area (Å²) in [5.74, 6) is -1.11. The standard InChI is InChI=1S/C15H18ClNO5/c16-13-4-2-1-3-11(13)9-21-10-14(18)17-5-6-22-12(8-17)7-15(19)20/h1-4,12H,5-10H2,(H,19,20)/t12-/m1/s1. The predicted molar refractivity (Wildman–Crippen MR) is 79.7 cm³/mol. The van der Waals surface area contributed by atoms with E-state index in [0.29, 0.717) is 18.2 Å². The number of hydrogen-bond donors (Lipinski definition) is 1. The van der Waals surface area contributed by atoms with Crippen molar-refractivity contribution in [3.05, 3.63) is 34.9 Å². The molecule has 1 aliphatic rings. The van der Waals surface area contributed by atoms with Crippen LogP contribution in [0.4, 0.5) is 0 Å². The molecule has 1 aromatic rings. The molecule has 0 aromatic heterocycles. The van der Waals surface area contributed by atoms with Gasteiger partial charge in [-0.05, 0) is 11.6 Å². The van der Waals surface area contributed by atoms with Crippen LogP contribution in [-0.2, 0) is 25.7 Å². The molecule has 0 radical (unpaired) electrons. The highest BCUT2D eigenvalue weighted by Gasteiger charge is 2.25. The summed E-state index contributed by atoms with van der Waals surface area (Å²) in [4.78, 5) is 24.3. The Morgan fingerprint density at radius 2 is 2.18 bits per heavy atom. The van der Waals surface area contributed by atoms with Gasteiger partial charge in [-0.15, -0.1) is 0 Å². The normalized spacial score (nSPS) is 18.2. The van der Waals surface area contributed by atoms with Crippen molar-refractivity contribution in [1.29, 1.82) is 0 Å². The number of carboxylic acid groups (broad SMARTS) is 1. The molecule has 0 spiro atoms. The summed E-state index contributed by atoms with van der Waals surface area (Å²) in [5.41, 5.74) is 0.822. The van der Waals surface area contributed by atoms with Gasteiger partial charge in [-0.2, -0.15) is 0 Å². The van der Waals surface area contributed by atoms with Crippen molar-refractivity contribution in [3.8, 4) is 0 Å². The number of morpholine rings is 1. The first-order chi connectivity index (χ1) is 10.6. The van der Waals surface area contributed by atoms with Crippen molar-refractivity contribution in [1.82, 2.24) is 4.90 Å². The van der Waals surface area contributed by atoms with Gasteiger partial charge in [-0.25, -0.2) is 0 Å². The summed E-state index contributed by atoms with van der Waals surface area (Å²) in [6, 6.07) is 7.28. The fraction of sp³-hybridized carbons (Fsp3) is 0.467. The highest BCUT2D eigenvalue weighted by Crippen LogP contribution is 2.16. The van der Waals surface area contributed by atoms with Crippen LogP contribution < -0.4 is 0 Å². The maximum Gasteiger partial charge on any atom is 0.306 e. The number of carboxylic acids is 1. The third kappa shape index (κ3) is 4.98. The smallest absolute Gasteiger partial charge is 0.306 e. The lowest BCUT2D eigenvalue weighted by molar-refractivity contribution is -0.150. The quantitative estimate of drug-likeness (QED) is 0.858. The highest BCUT2D eigenvalue weighted by atomic mass is 35.5. The van der Waals surface area contributed by atoms with Gasteiger partial charge in [0.25, 0.3) is 0 Å².